The molecule has 0 saturated carbocycles. The molecule has 32 heavy (non-hydrogen) atoms. The molecule has 1 N–H and O–H groups in total. The van der Waals surface area contributed by atoms with E-state index in [4.69, 9.17) is 21.4 Å². The molecule has 3 aromatic carbocycles. The van der Waals surface area contributed by atoms with Crippen molar-refractivity contribution in [3.05, 3.63) is 88.2 Å². The third kappa shape index (κ3) is 4.84. The Morgan fingerprint density at radius 2 is 1.78 bits per heavy atom. The Morgan fingerprint density at radius 3 is 2.44 bits per heavy atom. The maximum absolute atomic E-state index is 14.5. The average molecular weight is 471 g/mol. The predicted octanol–water partition coefficient (Wildman–Crippen LogP) is 6.04. The smallest absolute Gasteiger partial charge is 0.335 e. The number of carboxylic acids is 1. The summed E-state index contributed by atoms with van der Waals surface area (Å²) in [5, 5.41) is 9.89. The van der Waals surface area contributed by atoms with Crippen molar-refractivity contribution in [2.24, 2.45) is 0 Å². The SMILES string of the molecule is COc1ccc(CCN(Cc2ccc(C(=O)O)cc2)c2nc3ccc(Cl)c(F)c3s2)cc1. The number of methoxy groups -OCH3 is 1. The number of nitrogens with zero attached hydrogens (tertiary/aromatic N) is 2. The van der Waals surface area contributed by atoms with Gasteiger partial charge in [0, 0.05) is 13.1 Å². The fourth-order valence-electron chi connectivity index (χ4n) is 3.33. The van der Waals surface area contributed by atoms with Gasteiger partial charge in [0.25, 0.3) is 0 Å². The number of benzene rings is 3. The Labute approximate surface area is 193 Å². The Bertz CT molecular complexity index is 1240. The van der Waals surface area contributed by atoms with E-state index in [1.165, 1.54) is 17.4 Å². The van der Waals surface area contributed by atoms with E-state index in [2.05, 4.69) is 9.88 Å². The number of aromatic carboxylic acids is 1. The summed E-state index contributed by atoms with van der Waals surface area (Å²) in [7, 11) is 1.63. The molecule has 1 heterocycles. The monoisotopic (exact) mass is 470 g/mol. The number of hydrogen-bond acceptors (Lipinski definition) is 5. The van der Waals surface area contributed by atoms with Crippen LogP contribution in [0.25, 0.3) is 10.2 Å². The van der Waals surface area contributed by atoms with E-state index in [0.29, 0.717) is 28.4 Å². The van der Waals surface area contributed by atoms with Crippen molar-refractivity contribution in [1.29, 1.82) is 0 Å². The van der Waals surface area contributed by atoms with Crippen LogP contribution < -0.4 is 9.64 Å². The number of halogens is 2. The van der Waals surface area contributed by atoms with Crippen LogP contribution in [0.4, 0.5) is 9.52 Å². The summed E-state index contributed by atoms with van der Waals surface area (Å²) in [5.74, 6) is -0.636. The van der Waals surface area contributed by atoms with Crippen LogP contribution in [-0.2, 0) is 13.0 Å². The molecular weight excluding hydrogens is 451 g/mol. The first-order chi connectivity index (χ1) is 15.4. The Morgan fingerprint density at radius 1 is 1.09 bits per heavy atom. The molecular formula is C24H20ClFN2O3S. The maximum atomic E-state index is 14.5. The molecule has 0 atom stereocenters. The fraction of sp³-hybridized carbons (Fsp3) is 0.167. The van der Waals surface area contributed by atoms with Gasteiger partial charge in [-0.2, -0.15) is 0 Å². The van der Waals surface area contributed by atoms with Crippen molar-refractivity contribution in [3.63, 3.8) is 0 Å². The highest BCUT2D eigenvalue weighted by molar-refractivity contribution is 7.22. The van der Waals surface area contributed by atoms with E-state index in [1.54, 1.807) is 37.4 Å². The van der Waals surface area contributed by atoms with E-state index in [1.807, 2.05) is 24.3 Å². The summed E-state index contributed by atoms with van der Waals surface area (Å²) in [4.78, 5) is 17.8. The van der Waals surface area contributed by atoms with E-state index >= 15 is 0 Å². The summed E-state index contributed by atoms with van der Waals surface area (Å²) in [6.07, 6.45) is 0.746. The van der Waals surface area contributed by atoms with Crippen LogP contribution in [0.15, 0.2) is 60.7 Å². The van der Waals surface area contributed by atoms with Crippen molar-refractivity contribution in [2.75, 3.05) is 18.6 Å². The van der Waals surface area contributed by atoms with Crippen LogP contribution in [0.2, 0.25) is 5.02 Å². The number of carbonyl (C=O) groups is 1. The van der Waals surface area contributed by atoms with Crippen LogP contribution >= 0.6 is 22.9 Å². The summed E-state index contributed by atoms with van der Waals surface area (Å²) < 4.78 is 20.1. The molecule has 0 bridgehead atoms. The van der Waals surface area contributed by atoms with Crippen molar-refractivity contribution >= 4 is 44.3 Å². The summed E-state index contributed by atoms with van der Waals surface area (Å²) in [6, 6.07) is 17.8. The normalized spacial score (nSPS) is 11.0. The lowest BCUT2D eigenvalue weighted by molar-refractivity contribution is 0.0697. The highest BCUT2D eigenvalue weighted by Crippen LogP contribution is 2.34. The molecule has 0 aliphatic rings. The number of anilines is 1. The zero-order valence-electron chi connectivity index (χ0n) is 17.2. The van der Waals surface area contributed by atoms with Gasteiger partial charge in [0.2, 0.25) is 0 Å². The van der Waals surface area contributed by atoms with Crippen LogP contribution in [-0.4, -0.2) is 29.7 Å². The number of thiazole rings is 1. The molecule has 1 aromatic heterocycles. The second-order valence-electron chi connectivity index (χ2n) is 7.23. The molecule has 4 aromatic rings. The van der Waals surface area contributed by atoms with Gasteiger partial charge in [-0.05, 0) is 53.9 Å². The minimum Gasteiger partial charge on any atom is -0.497 e. The average Bonchev–Trinajstić information content (AvgIpc) is 3.25. The van der Waals surface area contributed by atoms with Crippen molar-refractivity contribution in [2.45, 2.75) is 13.0 Å². The van der Waals surface area contributed by atoms with Gasteiger partial charge in [0.1, 0.15) is 5.75 Å². The largest absolute Gasteiger partial charge is 0.497 e. The van der Waals surface area contributed by atoms with Gasteiger partial charge in [0.15, 0.2) is 10.9 Å². The molecule has 5 nitrogen and oxygen atoms in total. The summed E-state index contributed by atoms with van der Waals surface area (Å²) in [6.45, 7) is 1.15. The lowest BCUT2D eigenvalue weighted by Gasteiger charge is -2.22. The quantitative estimate of drug-likeness (QED) is 0.340. The highest BCUT2D eigenvalue weighted by Gasteiger charge is 2.17. The van der Waals surface area contributed by atoms with Gasteiger partial charge in [-0.3, -0.25) is 0 Å². The Kier molecular flexibility index (Phi) is 6.58. The lowest BCUT2D eigenvalue weighted by atomic mass is 10.1. The third-order valence-electron chi connectivity index (χ3n) is 5.11. The number of carboxylic acid groups (broad SMARTS) is 1. The minimum atomic E-state index is -0.966. The Hall–Kier alpha value is -3.16. The van der Waals surface area contributed by atoms with Gasteiger partial charge >= 0.3 is 5.97 Å². The zero-order chi connectivity index (χ0) is 22.7. The van der Waals surface area contributed by atoms with Gasteiger partial charge in [-0.25, -0.2) is 14.2 Å². The number of rotatable bonds is 8. The molecule has 8 heteroatoms. The fourth-order valence-corrected chi connectivity index (χ4v) is 4.57. The Balaban J connectivity index is 1.62. The van der Waals surface area contributed by atoms with E-state index in [0.717, 1.165) is 23.3 Å². The molecule has 0 spiro atoms. The third-order valence-corrected chi connectivity index (χ3v) is 6.53. The number of hydrogen-bond donors (Lipinski definition) is 1. The standard InChI is InChI=1S/C24H20ClFN2O3S/c1-31-18-8-4-15(5-9-18)12-13-28(14-16-2-6-17(7-3-16)23(29)30)24-27-20-11-10-19(25)21(26)22(20)32-24/h2-11H,12-14H2,1H3,(H,29,30). The van der Waals surface area contributed by atoms with Crippen LogP contribution in [0.3, 0.4) is 0 Å². The maximum Gasteiger partial charge on any atom is 0.335 e. The van der Waals surface area contributed by atoms with E-state index in [9.17, 15) is 9.18 Å². The lowest BCUT2D eigenvalue weighted by Crippen LogP contribution is -2.25. The molecule has 4 rings (SSSR count). The highest BCUT2D eigenvalue weighted by atomic mass is 35.5. The van der Waals surface area contributed by atoms with Gasteiger partial charge in [-0.15, -0.1) is 0 Å². The second kappa shape index (κ2) is 9.54. The molecule has 0 fully saturated rings. The molecule has 0 amide bonds. The second-order valence-corrected chi connectivity index (χ2v) is 8.61. The zero-order valence-corrected chi connectivity index (χ0v) is 18.8. The first-order valence-electron chi connectivity index (χ1n) is 9.89. The van der Waals surface area contributed by atoms with Gasteiger partial charge < -0.3 is 14.7 Å². The number of ether oxygens (including phenoxy) is 1. The molecule has 0 saturated heterocycles. The van der Waals surface area contributed by atoms with Crippen LogP contribution in [0.5, 0.6) is 5.75 Å². The topological polar surface area (TPSA) is 62.7 Å². The van der Waals surface area contributed by atoms with E-state index in [-0.39, 0.29) is 10.6 Å². The summed E-state index contributed by atoms with van der Waals surface area (Å²) >= 11 is 7.20. The first kappa shape index (κ1) is 22.0. The first-order valence-corrected chi connectivity index (χ1v) is 11.1. The molecule has 0 aliphatic heterocycles. The molecule has 0 radical (unpaired) electrons. The minimum absolute atomic E-state index is 0.0711. The van der Waals surface area contributed by atoms with Crippen LogP contribution in [0, 0.1) is 5.82 Å². The van der Waals surface area contributed by atoms with Crippen molar-refractivity contribution < 1.29 is 19.0 Å². The van der Waals surface area contributed by atoms with Gasteiger partial charge in [0.05, 0.1) is 27.9 Å². The number of fused-ring (bicyclic) bond motifs is 1. The van der Waals surface area contributed by atoms with E-state index < -0.39 is 11.8 Å². The van der Waals surface area contributed by atoms with Crippen molar-refractivity contribution in [3.8, 4) is 5.75 Å². The van der Waals surface area contributed by atoms with Gasteiger partial charge in [-0.1, -0.05) is 47.2 Å². The van der Waals surface area contributed by atoms with Crippen molar-refractivity contribution in [1.82, 2.24) is 4.98 Å². The molecule has 0 aliphatic carbocycles. The molecule has 0 unspecified atom stereocenters. The predicted molar refractivity (Wildman–Crippen MR) is 126 cm³/mol. The summed E-state index contributed by atoms with van der Waals surface area (Å²) in [5.41, 5.74) is 2.85. The number of aromatic nitrogens is 1. The van der Waals surface area contributed by atoms with Crippen LogP contribution in [0.1, 0.15) is 21.5 Å². The molecule has 164 valence electrons.